The third-order valence-corrected chi connectivity index (χ3v) is 18.7. The van der Waals surface area contributed by atoms with Crippen LogP contribution in [-0.4, -0.2) is 83.8 Å². The van der Waals surface area contributed by atoms with Crippen molar-refractivity contribution < 1.29 is 22.7 Å². The van der Waals surface area contributed by atoms with Crippen LogP contribution in [0.25, 0.3) is 64.1 Å². The average Bonchev–Trinajstić information content (AvgIpc) is 4.18. The number of unbranched alkanes of at least 4 members (excludes halogenated alkanes) is 2. The second kappa shape index (κ2) is 23.1. The summed E-state index contributed by atoms with van der Waals surface area (Å²) in [4.78, 5) is 47.6. The molecule has 0 saturated heterocycles. The molecule has 2 aromatic carbocycles. The van der Waals surface area contributed by atoms with Crippen molar-refractivity contribution in [2.24, 2.45) is 0 Å². The van der Waals surface area contributed by atoms with Crippen molar-refractivity contribution in [1.82, 2.24) is 35.5 Å². The fourth-order valence-corrected chi connectivity index (χ4v) is 14.4. The number of thiazole rings is 2. The highest BCUT2D eigenvalue weighted by Crippen LogP contribution is 2.45. The predicted molar refractivity (Wildman–Crippen MR) is 285 cm³/mol. The Bertz CT molecular complexity index is 3130. The maximum absolute atomic E-state index is 13.4. The lowest BCUT2D eigenvalue weighted by Gasteiger charge is -2.11. The lowest BCUT2D eigenvalue weighted by molar-refractivity contribution is -0.126. The Morgan fingerprint density at radius 3 is 1.72 bits per heavy atom. The van der Waals surface area contributed by atoms with E-state index in [0.29, 0.717) is 72.2 Å². The van der Waals surface area contributed by atoms with Crippen molar-refractivity contribution >= 4 is 111 Å². The smallest absolute Gasteiger partial charge is 0.246 e. The zero-order chi connectivity index (χ0) is 48.6. The number of hydrogen-bond acceptors (Lipinski definition) is 16. The monoisotopic (exact) mass is 1040 g/mol. The van der Waals surface area contributed by atoms with E-state index < -0.39 is 21.6 Å². The third kappa shape index (κ3) is 12.0. The molecule has 6 heterocycles. The molecule has 2 atom stereocenters. The summed E-state index contributed by atoms with van der Waals surface area (Å²) in [5.74, 6) is 0.748. The molecule has 20 heteroatoms. The quantitative estimate of drug-likeness (QED) is 0.0501. The van der Waals surface area contributed by atoms with Gasteiger partial charge in [0.2, 0.25) is 11.8 Å². The molecule has 6 N–H and O–H groups in total. The minimum absolute atomic E-state index is 0.0562. The van der Waals surface area contributed by atoms with Gasteiger partial charge in [-0.15, -0.1) is 45.3 Å². The fraction of sp³-hybridized carbons (Fsp3) is 0.306. The maximum atomic E-state index is 13.4. The first-order valence-corrected chi connectivity index (χ1v) is 28.5. The molecule has 0 radical (unpaired) electrons. The molecule has 0 spiro atoms. The average molecular weight is 1040 g/mol. The topological polar surface area (TPSA) is 208 Å². The third-order valence-electron chi connectivity index (χ3n) is 11.0. The Balaban J connectivity index is 0.925. The minimum atomic E-state index is -1.26. The number of ether oxygens (including phenoxy) is 1. The molecule has 0 saturated carbocycles. The van der Waals surface area contributed by atoms with Crippen LogP contribution in [-0.2, 0) is 55.6 Å². The van der Waals surface area contributed by atoms with Crippen LogP contribution in [0.3, 0.4) is 0 Å². The second-order valence-electron chi connectivity index (χ2n) is 16.5. The number of nitrogens with zero attached hydrogens (tertiary/aromatic N) is 5. The second-order valence-corrected chi connectivity index (χ2v) is 23.8. The van der Waals surface area contributed by atoms with Gasteiger partial charge in [-0.1, -0.05) is 75.2 Å². The van der Waals surface area contributed by atoms with Gasteiger partial charge in [-0.3, -0.25) is 18.0 Å². The number of anilines is 2. The number of aromatic nitrogens is 4. The van der Waals surface area contributed by atoms with Crippen molar-refractivity contribution in [2.45, 2.75) is 67.6 Å². The number of nitrogen functional groups attached to an aromatic ring is 2. The first-order chi connectivity index (χ1) is 33.4. The molecule has 6 aromatic heterocycles. The zero-order valence-electron chi connectivity index (χ0n) is 38.7. The van der Waals surface area contributed by atoms with Crippen LogP contribution in [0.5, 0.6) is 0 Å². The first kappa shape index (κ1) is 50.1. The number of carbonyl (C=O) groups is 2. The maximum Gasteiger partial charge on any atom is 0.246 e. The highest BCUT2D eigenvalue weighted by atomic mass is 32.2. The largest absolute Gasteiger partial charge is 0.396 e. The summed E-state index contributed by atoms with van der Waals surface area (Å²) < 4.78 is 33.7. The number of benzene rings is 2. The van der Waals surface area contributed by atoms with Crippen LogP contribution in [0, 0.1) is 0 Å². The van der Waals surface area contributed by atoms with Gasteiger partial charge in [0, 0.05) is 52.3 Å². The van der Waals surface area contributed by atoms with Crippen LogP contribution in [0.1, 0.15) is 56.4 Å². The van der Waals surface area contributed by atoms with E-state index in [1.54, 1.807) is 6.20 Å². The van der Waals surface area contributed by atoms with Gasteiger partial charge >= 0.3 is 0 Å². The van der Waals surface area contributed by atoms with Gasteiger partial charge in [-0.2, -0.15) is 0 Å². The number of nitrogens with two attached hydrogens (primary N) is 2. The van der Waals surface area contributed by atoms with Crippen molar-refractivity contribution in [1.29, 1.82) is 0 Å². The minimum Gasteiger partial charge on any atom is -0.396 e. The van der Waals surface area contributed by atoms with Gasteiger partial charge in [0.1, 0.15) is 46.1 Å². The van der Waals surface area contributed by atoms with Crippen molar-refractivity contribution in [3.63, 3.8) is 0 Å². The Morgan fingerprint density at radius 1 is 0.710 bits per heavy atom. The fourth-order valence-electron chi connectivity index (χ4n) is 7.44. The van der Waals surface area contributed by atoms with Crippen LogP contribution in [0.15, 0.2) is 86.0 Å². The Kier molecular flexibility index (Phi) is 16.7. The molecule has 0 aliphatic heterocycles. The number of likely N-dealkylation sites (N-methyl/N-ethyl adjacent to an activating group) is 1. The summed E-state index contributed by atoms with van der Waals surface area (Å²) in [5, 5.41) is 12.7. The van der Waals surface area contributed by atoms with Crippen molar-refractivity contribution in [3.05, 3.63) is 94.4 Å². The Morgan fingerprint density at radius 2 is 1.23 bits per heavy atom. The molecule has 2 amide bonds. The van der Waals surface area contributed by atoms with E-state index in [9.17, 15) is 18.0 Å². The number of nitrogens with one attached hydrogen (secondary N) is 2. The lowest BCUT2D eigenvalue weighted by Crippen LogP contribution is -2.32. The van der Waals surface area contributed by atoms with Gasteiger partial charge in [-0.25, -0.2) is 19.9 Å². The van der Waals surface area contributed by atoms with Gasteiger partial charge < -0.3 is 31.7 Å². The summed E-state index contributed by atoms with van der Waals surface area (Å²) >= 11 is 5.66. The molecular weight excluding hydrogens is 987 g/mol. The highest BCUT2D eigenvalue weighted by molar-refractivity contribution is 7.88. The van der Waals surface area contributed by atoms with E-state index in [1.807, 2.05) is 90.4 Å². The van der Waals surface area contributed by atoms with Crippen LogP contribution in [0.4, 0.5) is 11.4 Å². The molecule has 69 heavy (non-hydrogen) atoms. The molecule has 0 fully saturated rings. The molecule has 360 valence electrons. The molecule has 0 aliphatic rings. The SMILES string of the molecule is CCCCS(=O)c1sc2nc(-c3nccs3)cc(-c3ccc(CNC(=O)COCc4csc(-c5cc(-c6ccc(CNC(=O)CN(C)C)cc6)c6c(N)c(S(=O)CCCC)sc6n5)n4)cc3)c2c1N. The van der Waals surface area contributed by atoms with Gasteiger partial charge in [0.25, 0.3) is 0 Å². The van der Waals surface area contributed by atoms with Crippen LogP contribution < -0.4 is 22.1 Å². The molecule has 2 unspecified atom stereocenters. The highest BCUT2D eigenvalue weighted by Gasteiger charge is 2.24. The Labute approximate surface area is 421 Å². The molecular formula is C49H53N9O5S6. The van der Waals surface area contributed by atoms with E-state index in [1.165, 1.54) is 45.3 Å². The molecule has 0 bridgehead atoms. The first-order valence-electron chi connectivity index (χ1n) is 22.4. The standard InChI is InChI=1S/C49H53N9O5S6/c1-5-7-19-68(61)48-42(50)40-34(21-36(56-46(40)66-48)44-52-17-18-64-44)31-15-11-30(12-16-31)24-54-39(60)27-63-26-33-28-65-45(55-33)37-22-35(32-13-9-29(10-14-32)23-53-38(59)25-58(3)4)41-43(51)49(67-47(41)57-37)69(62)20-8-6-2/h9-18,21-22,28H,5-8,19-20,23-27,50-51H2,1-4H3,(H,53,59)(H,54,60). The van der Waals surface area contributed by atoms with Crippen molar-refractivity contribution in [3.8, 4) is 43.7 Å². The zero-order valence-corrected chi connectivity index (χ0v) is 43.6. The summed E-state index contributed by atoms with van der Waals surface area (Å²) in [6, 6.07) is 19.8. The van der Waals surface area contributed by atoms with E-state index in [4.69, 9.17) is 31.2 Å². The number of thiophene rings is 2. The van der Waals surface area contributed by atoms with Crippen LogP contribution >= 0.6 is 45.3 Å². The lowest BCUT2D eigenvalue weighted by atomic mass is 10.0. The number of pyridine rings is 2. The normalized spacial score (nSPS) is 12.5. The number of rotatable bonds is 22. The molecule has 0 aliphatic carbocycles. The number of carbonyl (C=O) groups excluding carboxylic acids is 2. The van der Waals surface area contributed by atoms with Gasteiger partial charge in [0.15, 0.2) is 0 Å². The molecule has 14 nitrogen and oxygen atoms in total. The van der Waals surface area contributed by atoms with Crippen LogP contribution in [0.2, 0.25) is 0 Å². The summed E-state index contributed by atoms with van der Waals surface area (Å²) in [5.41, 5.74) is 21.9. The van der Waals surface area contributed by atoms with Crippen molar-refractivity contribution in [2.75, 3.05) is 50.2 Å². The number of hydrogen-bond donors (Lipinski definition) is 4. The van der Waals surface area contributed by atoms with E-state index in [0.717, 1.165) is 85.4 Å². The summed E-state index contributed by atoms with van der Waals surface area (Å²) in [7, 11) is 1.22. The molecule has 8 rings (SSSR count). The van der Waals surface area contributed by atoms with E-state index >= 15 is 0 Å². The number of fused-ring (bicyclic) bond motifs is 2. The number of amides is 2. The summed E-state index contributed by atoms with van der Waals surface area (Å²) in [6.07, 6.45) is 5.29. The van der Waals surface area contributed by atoms with E-state index in [2.05, 4.69) is 29.5 Å². The van der Waals surface area contributed by atoms with Gasteiger partial charge in [0.05, 0.1) is 51.8 Å². The predicted octanol–water partition coefficient (Wildman–Crippen LogP) is 9.48. The molecule has 8 aromatic rings. The van der Waals surface area contributed by atoms with Gasteiger partial charge in [-0.05, 0) is 72.5 Å². The Hall–Kier alpha value is -5.32. The van der Waals surface area contributed by atoms with E-state index in [-0.39, 0.29) is 25.0 Å². The summed E-state index contributed by atoms with van der Waals surface area (Å²) in [6.45, 7) is 5.11.